The normalized spacial score (nSPS) is 38.0. The van der Waals surface area contributed by atoms with Crippen molar-refractivity contribution in [2.45, 2.75) is 39.8 Å². The Morgan fingerprint density at radius 1 is 0.611 bits per heavy atom. The van der Waals surface area contributed by atoms with E-state index >= 15 is 0 Å². The Balaban J connectivity index is 2.36. The van der Waals surface area contributed by atoms with E-state index in [1.165, 1.54) is 0 Å². The molecular weight excluding hydrogens is 224 g/mol. The van der Waals surface area contributed by atoms with Gasteiger partial charge in [-0.2, -0.15) is 0 Å². The van der Waals surface area contributed by atoms with E-state index in [0.717, 1.165) is 39.3 Å². The molecule has 4 nitrogen and oxygen atoms in total. The molecule has 4 atom stereocenters. The van der Waals surface area contributed by atoms with Crippen molar-refractivity contribution >= 4 is 0 Å². The predicted octanol–water partition coefficient (Wildman–Crippen LogP) is 0.408. The van der Waals surface area contributed by atoms with Crippen LogP contribution in [-0.2, 0) is 0 Å². The third kappa shape index (κ3) is 6.14. The first-order valence-corrected chi connectivity index (χ1v) is 7.49. The second-order valence-electron chi connectivity index (χ2n) is 5.85. The zero-order chi connectivity index (χ0) is 13.4. The smallest absolute Gasteiger partial charge is 0.00793 e. The lowest BCUT2D eigenvalue weighted by Crippen LogP contribution is -2.45. The largest absolute Gasteiger partial charge is 0.315 e. The van der Waals surface area contributed by atoms with Gasteiger partial charge in [0.25, 0.3) is 0 Å². The molecule has 1 fully saturated rings. The molecule has 1 aliphatic heterocycles. The van der Waals surface area contributed by atoms with Crippen LogP contribution in [-0.4, -0.2) is 51.4 Å². The molecule has 4 heteroatoms. The molecule has 0 amide bonds. The van der Waals surface area contributed by atoms with E-state index in [-0.39, 0.29) is 0 Å². The van der Waals surface area contributed by atoms with Crippen LogP contribution >= 0.6 is 0 Å². The van der Waals surface area contributed by atoms with Crippen LogP contribution in [0.5, 0.6) is 0 Å². The van der Waals surface area contributed by atoms with E-state index < -0.39 is 0 Å². The molecule has 1 rings (SSSR count). The van der Waals surface area contributed by atoms with Gasteiger partial charge in [0, 0.05) is 38.3 Å². The maximum absolute atomic E-state index is 3.59. The minimum absolute atomic E-state index is 0.576. The Labute approximate surface area is 113 Å². The third-order valence-electron chi connectivity index (χ3n) is 4.18. The summed E-state index contributed by atoms with van der Waals surface area (Å²) < 4.78 is 0. The molecule has 1 heterocycles. The van der Waals surface area contributed by atoms with Crippen molar-refractivity contribution in [1.29, 1.82) is 0 Å². The number of rotatable bonds is 0. The second kappa shape index (κ2) is 8.86. The molecule has 2 unspecified atom stereocenters. The van der Waals surface area contributed by atoms with Crippen LogP contribution in [0.3, 0.4) is 0 Å². The first-order chi connectivity index (χ1) is 8.61. The fourth-order valence-corrected chi connectivity index (χ4v) is 2.19. The Bertz CT molecular complexity index is 168. The molecule has 4 N–H and O–H groups in total. The summed E-state index contributed by atoms with van der Waals surface area (Å²) in [5.74, 6) is 1.34. The highest BCUT2D eigenvalue weighted by atomic mass is 15.0. The van der Waals surface area contributed by atoms with Gasteiger partial charge in [-0.3, -0.25) is 0 Å². The molecule has 0 spiro atoms. The highest BCUT2D eigenvalue weighted by molar-refractivity contribution is 4.75. The minimum Gasteiger partial charge on any atom is -0.315 e. The van der Waals surface area contributed by atoms with Crippen molar-refractivity contribution < 1.29 is 0 Å². The Morgan fingerprint density at radius 2 is 1.00 bits per heavy atom. The van der Waals surface area contributed by atoms with Crippen LogP contribution in [0.1, 0.15) is 27.7 Å². The van der Waals surface area contributed by atoms with Gasteiger partial charge in [0.2, 0.25) is 0 Å². The average molecular weight is 256 g/mol. The van der Waals surface area contributed by atoms with Crippen LogP contribution in [0.2, 0.25) is 0 Å². The van der Waals surface area contributed by atoms with Crippen LogP contribution in [0.15, 0.2) is 0 Å². The van der Waals surface area contributed by atoms with E-state index in [1.807, 2.05) is 0 Å². The Morgan fingerprint density at radius 3 is 1.39 bits per heavy atom. The molecule has 1 saturated heterocycles. The number of nitrogens with one attached hydrogen (secondary N) is 4. The van der Waals surface area contributed by atoms with Gasteiger partial charge in [0.05, 0.1) is 0 Å². The van der Waals surface area contributed by atoms with E-state index in [4.69, 9.17) is 0 Å². The highest BCUT2D eigenvalue weighted by Crippen LogP contribution is 2.02. The van der Waals surface area contributed by atoms with Crippen molar-refractivity contribution in [2.75, 3.05) is 39.3 Å². The molecule has 0 aromatic carbocycles. The molecule has 0 bridgehead atoms. The van der Waals surface area contributed by atoms with Gasteiger partial charge >= 0.3 is 0 Å². The van der Waals surface area contributed by atoms with Gasteiger partial charge in [0.15, 0.2) is 0 Å². The Kier molecular flexibility index (Phi) is 7.82. The molecule has 0 aromatic rings. The van der Waals surface area contributed by atoms with Crippen molar-refractivity contribution in [3.8, 4) is 0 Å². The standard InChI is InChI=1S/C14H32N4/c1-11-9-15-5-8-18-14(4)12(2)10-16-6-7-17-13(11)3/h11-18H,5-10H2,1-4H3/t11?,12?,13-,14+. The van der Waals surface area contributed by atoms with Crippen molar-refractivity contribution in [3.63, 3.8) is 0 Å². The first-order valence-electron chi connectivity index (χ1n) is 7.49. The molecular formula is C14H32N4. The summed E-state index contributed by atoms with van der Waals surface area (Å²) >= 11 is 0. The van der Waals surface area contributed by atoms with Crippen LogP contribution in [0, 0.1) is 11.8 Å². The summed E-state index contributed by atoms with van der Waals surface area (Å²) in [6.07, 6.45) is 0. The number of hydrogen-bond donors (Lipinski definition) is 4. The quantitative estimate of drug-likeness (QED) is 0.507. The van der Waals surface area contributed by atoms with Crippen LogP contribution < -0.4 is 21.3 Å². The summed E-state index contributed by atoms with van der Waals surface area (Å²) in [6.45, 7) is 15.6. The lowest BCUT2D eigenvalue weighted by molar-refractivity contribution is 0.346. The summed E-state index contributed by atoms with van der Waals surface area (Å²) in [5, 5.41) is 14.3. The fraction of sp³-hybridized carbons (Fsp3) is 1.00. The lowest BCUT2D eigenvalue weighted by Gasteiger charge is -2.25. The average Bonchev–Trinajstić information content (AvgIpc) is 2.35. The highest BCUT2D eigenvalue weighted by Gasteiger charge is 2.13. The van der Waals surface area contributed by atoms with Gasteiger partial charge in [-0.15, -0.1) is 0 Å². The topological polar surface area (TPSA) is 48.1 Å². The maximum Gasteiger partial charge on any atom is 0.00793 e. The van der Waals surface area contributed by atoms with Crippen molar-refractivity contribution in [1.82, 2.24) is 21.3 Å². The zero-order valence-electron chi connectivity index (χ0n) is 12.6. The van der Waals surface area contributed by atoms with Crippen molar-refractivity contribution in [2.24, 2.45) is 11.8 Å². The molecule has 18 heavy (non-hydrogen) atoms. The third-order valence-corrected chi connectivity index (χ3v) is 4.18. The van der Waals surface area contributed by atoms with Gasteiger partial charge < -0.3 is 21.3 Å². The van der Waals surface area contributed by atoms with E-state index in [1.54, 1.807) is 0 Å². The first kappa shape index (κ1) is 15.9. The molecule has 0 radical (unpaired) electrons. The van der Waals surface area contributed by atoms with E-state index in [0.29, 0.717) is 23.9 Å². The van der Waals surface area contributed by atoms with Crippen LogP contribution in [0.4, 0.5) is 0 Å². The zero-order valence-corrected chi connectivity index (χ0v) is 12.6. The van der Waals surface area contributed by atoms with Crippen molar-refractivity contribution in [3.05, 3.63) is 0 Å². The number of hydrogen-bond acceptors (Lipinski definition) is 4. The summed E-state index contributed by atoms with van der Waals surface area (Å²) in [4.78, 5) is 0. The van der Waals surface area contributed by atoms with Gasteiger partial charge in [-0.1, -0.05) is 13.8 Å². The van der Waals surface area contributed by atoms with Gasteiger partial charge in [-0.05, 0) is 38.8 Å². The molecule has 0 aromatic heterocycles. The molecule has 108 valence electrons. The lowest BCUT2D eigenvalue weighted by atomic mass is 10.0. The van der Waals surface area contributed by atoms with Gasteiger partial charge in [0.1, 0.15) is 0 Å². The summed E-state index contributed by atoms with van der Waals surface area (Å²) in [6, 6.07) is 1.15. The van der Waals surface area contributed by atoms with E-state index in [9.17, 15) is 0 Å². The Hall–Kier alpha value is -0.160. The monoisotopic (exact) mass is 256 g/mol. The molecule has 0 saturated carbocycles. The fourth-order valence-electron chi connectivity index (χ4n) is 2.19. The predicted molar refractivity (Wildman–Crippen MR) is 79.0 cm³/mol. The van der Waals surface area contributed by atoms with Gasteiger partial charge in [-0.25, -0.2) is 0 Å². The molecule has 1 aliphatic rings. The molecule has 0 aliphatic carbocycles. The van der Waals surface area contributed by atoms with E-state index in [2.05, 4.69) is 49.0 Å². The second-order valence-corrected chi connectivity index (χ2v) is 5.85. The maximum atomic E-state index is 3.59. The minimum atomic E-state index is 0.576. The SMILES string of the molecule is CC1CNCCN[C@H](C)C(C)CNCCN[C@H]1C. The summed E-state index contributed by atoms with van der Waals surface area (Å²) in [7, 11) is 0. The summed E-state index contributed by atoms with van der Waals surface area (Å²) in [5.41, 5.74) is 0. The van der Waals surface area contributed by atoms with Crippen LogP contribution in [0.25, 0.3) is 0 Å².